The van der Waals surface area contributed by atoms with E-state index in [0.29, 0.717) is 52.0 Å². The Kier molecular flexibility index (Phi) is 9.47. The fourth-order valence-corrected chi connectivity index (χ4v) is 3.85. The van der Waals surface area contributed by atoms with Crippen molar-refractivity contribution in [2.75, 3.05) is 39.7 Å². The summed E-state index contributed by atoms with van der Waals surface area (Å²) < 4.78 is 15.9. The van der Waals surface area contributed by atoms with Gasteiger partial charge in [-0.1, -0.05) is 6.07 Å². The number of hydrogen-bond acceptors (Lipinski definition) is 7. The second-order valence-electron chi connectivity index (χ2n) is 7.35. The van der Waals surface area contributed by atoms with Crippen LogP contribution in [0.5, 0.6) is 17.2 Å². The van der Waals surface area contributed by atoms with Gasteiger partial charge in [0.2, 0.25) is 11.7 Å². The molecule has 0 bridgehead atoms. The standard InChI is InChI=1S/C26H27N3O6S/c1-33-20-15-17(16-21(34-2)24(20)35-3)6-11-23(30)29-19-9-7-18(8-10-19)25(31)27-12-13-28-26(32)22-5-4-14-36-22/h4-11,14-16H,12-13H2,1-3H3,(H,27,31)(H,28,32)(H,29,30)/b11-6+. The Morgan fingerprint density at radius 3 is 2.06 bits per heavy atom. The summed E-state index contributed by atoms with van der Waals surface area (Å²) in [5, 5.41) is 10.1. The zero-order chi connectivity index (χ0) is 25.9. The molecule has 3 N–H and O–H groups in total. The third-order valence-electron chi connectivity index (χ3n) is 4.97. The summed E-state index contributed by atoms with van der Waals surface area (Å²) in [6.45, 7) is 0.606. The molecule has 3 rings (SSSR count). The molecule has 0 aliphatic rings. The van der Waals surface area contributed by atoms with Gasteiger partial charge in [0.25, 0.3) is 11.8 Å². The number of amides is 3. The Balaban J connectivity index is 1.49. The number of hydrogen-bond donors (Lipinski definition) is 3. The van der Waals surface area contributed by atoms with Crippen LogP contribution in [0.15, 0.2) is 60.0 Å². The van der Waals surface area contributed by atoms with Gasteiger partial charge in [-0.05, 0) is 59.5 Å². The lowest BCUT2D eigenvalue weighted by atomic mass is 10.1. The summed E-state index contributed by atoms with van der Waals surface area (Å²) in [7, 11) is 4.56. The number of rotatable bonds is 11. The lowest BCUT2D eigenvalue weighted by Crippen LogP contribution is -2.34. The third-order valence-corrected chi connectivity index (χ3v) is 5.84. The van der Waals surface area contributed by atoms with Crippen molar-refractivity contribution in [2.45, 2.75) is 0 Å². The first-order chi connectivity index (χ1) is 17.4. The highest BCUT2D eigenvalue weighted by Gasteiger charge is 2.12. The molecule has 0 spiro atoms. The predicted molar refractivity (Wildman–Crippen MR) is 139 cm³/mol. The van der Waals surface area contributed by atoms with Crippen LogP contribution in [0.4, 0.5) is 5.69 Å². The Labute approximate surface area is 213 Å². The molecule has 10 heteroatoms. The van der Waals surface area contributed by atoms with Gasteiger partial charge >= 0.3 is 0 Å². The minimum absolute atomic E-state index is 0.168. The molecule has 0 fully saturated rings. The fourth-order valence-electron chi connectivity index (χ4n) is 3.21. The minimum Gasteiger partial charge on any atom is -0.493 e. The molecule has 0 saturated carbocycles. The zero-order valence-electron chi connectivity index (χ0n) is 20.1. The number of nitrogens with one attached hydrogen (secondary N) is 3. The largest absolute Gasteiger partial charge is 0.493 e. The molecule has 3 amide bonds. The van der Waals surface area contributed by atoms with E-state index in [-0.39, 0.29) is 17.7 Å². The average molecular weight is 510 g/mol. The molecule has 36 heavy (non-hydrogen) atoms. The molecule has 0 radical (unpaired) electrons. The van der Waals surface area contributed by atoms with Crippen LogP contribution in [-0.2, 0) is 4.79 Å². The van der Waals surface area contributed by atoms with Crippen molar-refractivity contribution < 1.29 is 28.6 Å². The number of methoxy groups -OCH3 is 3. The molecule has 1 heterocycles. The highest BCUT2D eigenvalue weighted by molar-refractivity contribution is 7.12. The van der Waals surface area contributed by atoms with E-state index in [9.17, 15) is 14.4 Å². The van der Waals surface area contributed by atoms with Crippen LogP contribution >= 0.6 is 11.3 Å². The van der Waals surface area contributed by atoms with E-state index in [0.717, 1.165) is 0 Å². The number of carbonyl (C=O) groups excluding carboxylic acids is 3. The van der Waals surface area contributed by atoms with Gasteiger partial charge < -0.3 is 30.2 Å². The van der Waals surface area contributed by atoms with Crippen LogP contribution in [0.3, 0.4) is 0 Å². The predicted octanol–water partition coefficient (Wildman–Crippen LogP) is 3.59. The van der Waals surface area contributed by atoms with Crippen LogP contribution in [0, 0.1) is 0 Å². The molecule has 0 unspecified atom stereocenters. The smallest absolute Gasteiger partial charge is 0.261 e. The Bertz CT molecular complexity index is 1200. The lowest BCUT2D eigenvalue weighted by Gasteiger charge is -2.12. The van der Waals surface area contributed by atoms with Crippen molar-refractivity contribution in [3.05, 3.63) is 76.0 Å². The van der Waals surface area contributed by atoms with Crippen LogP contribution in [0.2, 0.25) is 0 Å². The van der Waals surface area contributed by atoms with Crippen LogP contribution in [-0.4, -0.2) is 52.1 Å². The summed E-state index contributed by atoms with van der Waals surface area (Å²) in [4.78, 5) is 37.2. The summed E-state index contributed by atoms with van der Waals surface area (Å²) in [6.07, 6.45) is 3.00. The summed E-state index contributed by atoms with van der Waals surface area (Å²) in [6, 6.07) is 13.5. The topological polar surface area (TPSA) is 115 Å². The number of carbonyl (C=O) groups is 3. The zero-order valence-corrected chi connectivity index (χ0v) is 20.9. The van der Waals surface area contributed by atoms with Crippen LogP contribution in [0.25, 0.3) is 6.08 Å². The lowest BCUT2D eigenvalue weighted by molar-refractivity contribution is -0.111. The van der Waals surface area contributed by atoms with E-state index >= 15 is 0 Å². The fraction of sp³-hybridized carbons (Fsp3) is 0.192. The summed E-state index contributed by atoms with van der Waals surface area (Å²) >= 11 is 1.36. The normalized spacial score (nSPS) is 10.5. The molecule has 0 aliphatic heterocycles. The first-order valence-corrected chi connectivity index (χ1v) is 11.8. The molecule has 3 aromatic rings. The van der Waals surface area contributed by atoms with E-state index in [1.165, 1.54) is 38.7 Å². The van der Waals surface area contributed by atoms with Gasteiger partial charge in [0.15, 0.2) is 11.5 Å². The Morgan fingerprint density at radius 1 is 0.861 bits per heavy atom. The maximum atomic E-state index is 12.4. The van der Waals surface area contributed by atoms with Gasteiger partial charge in [-0.3, -0.25) is 14.4 Å². The van der Waals surface area contributed by atoms with Crippen molar-refractivity contribution >= 4 is 40.8 Å². The number of ether oxygens (including phenoxy) is 3. The SMILES string of the molecule is COc1cc(/C=C/C(=O)Nc2ccc(C(=O)NCCNC(=O)c3cccs3)cc2)cc(OC)c1OC. The quantitative estimate of drug-likeness (QED) is 0.269. The van der Waals surface area contributed by atoms with Crippen molar-refractivity contribution in [3.8, 4) is 17.2 Å². The number of anilines is 1. The number of benzene rings is 2. The van der Waals surface area contributed by atoms with Gasteiger partial charge in [0.05, 0.1) is 26.2 Å². The van der Waals surface area contributed by atoms with Crippen molar-refractivity contribution in [1.29, 1.82) is 0 Å². The van der Waals surface area contributed by atoms with Crippen molar-refractivity contribution in [2.24, 2.45) is 0 Å². The molecule has 0 atom stereocenters. The minimum atomic E-state index is -0.345. The third kappa shape index (κ3) is 7.09. The van der Waals surface area contributed by atoms with E-state index in [1.807, 2.05) is 5.38 Å². The molecule has 188 valence electrons. The second-order valence-corrected chi connectivity index (χ2v) is 8.30. The molecule has 0 saturated heterocycles. The van der Waals surface area contributed by atoms with Crippen molar-refractivity contribution in [1.82, 2.24) is 10.6 Å². The Hall–Kier alpha value is -4.31. The highest BCUT2D eigenvalue weighted by atomic mass is 32.1. The second kappa shape index (κ2) is 13.0. The van der Waals surface area contributed by atoms with Crippen LogP contribution in [0.1, 0.15) is 25.6 Å². The molecule has 1 aromatic heterocycles. The molecular formula is C26H27N3O6S. The van der Waals surface area contributed by atoms with Crippen molar-refractivity contribution in [3.63, 3.8) is 0 Å². The van der Waals surface area contributed by atoms with Crippen LogP contribution < -0.4 is 30.2 Å². The summed E-state index contributed by atoms with van der Waals surface area (Å²) in [5.74, 6) is 0.641. The van der Waals surface area contributed by atoms with E-state index in [4.69, 9.17) is 14.2 Å². The number of thiophene rings is 1. The highest BCUT2D eigenvalue weighted by Crippen LogP contribution is 2.38. The van der Waals surface area contributed by atoms with Gasteiger partial charge in [-0.25, -0.2) is 0 Å². The average Bonchev–Trinajstić information content (AvgIpc) is 3.44. The van der Waals surface area contributed by atoms with E-state index in [2.05, 4.69) is 16.0 Å². The maximum absolute atomic E-state index is 12.4. The molecule has 9 nitrogen and oxygen atoms in total. The first-order valence-electron chi connectivity index (χ1n) is 10.9. The van der Waals surface area contributed by atoms with Gasteiger partial charge in [-0.15, -0.1) is 11.3 Å². The van der Waals surface area contributed by atoms with E-state index in [1.54, 1.807) is 54.6 Å². The van der Waals surface area contributed by atoms with E-state index < -0.39 is 0 Å². The Morgan fingerprint density at radius 2 is 1.50 bits per heavy atom. The monoisotopic (exact) mass is 509 g/mol. The van der Waals surface area contributed by atoms with Gasteiger partial charge in [0.1, 0.15) is 0 Å². The maximum Gasteiger partial charge on any atom is 0.261 e. The molecular weight excluding hydrogens is 482 g/mol. The molecule has 2 aromatic carbocycles. The summed E-state index contributed by atoms with van der Waals surface area (Å²) in [5.41, 5.74) is 1.66. The van der Waals surface area contributed by atoms with Gasteiger partial charge in [0, 0.05) is 30.4 Å². The van der Waals surface area contributed by atoms with Gasteiger partial charge in [-0.2, -0.15) is 0 Å². The molecule has 0 aliphatic carbocycles. The first kappa shape index (κ1) is 26.3.